The van der Waals surface area contributed by atoms with Gasteiger partial charge in [0.1, 0.15) is 11.9 Å². The number of carboxylic acid groups (broad SMARTS) is 1. The van der Waals surface area contributed by atoms with Gasteiger partial charge in [0.15, 0.2) is 0 Å². The third-order valence-corrected chi connectivity index (χ3v) is 2.42. The molecule has 0 saturated carbocycles. The first-order valence-electron chi connectivity index (χ1n) is 4.60. The monoisotopic (exact) mass is 246 g/mol. The van der Waals surface area contributed by atoms with Crippen molar-refractivity contribution >= 4 is 17.6 Å². The van der Waals surface area contributed by atoms with Crippen molar-refractivity contribution in [1.82, 2.24) is 0 Å². The van der Waals surface area contributed by atoms with Gasteiger partial charge in [-0.15, -0.1) is 0 Å². The second-order valence-corrected chi connectivity index (χ2v) is 3.89. The van der Waals surface area contributed by atoms with Crippen LogP contribution < -0.4 is 11.5 Å². The molecule has 88 valence electrons. The van der Waals surface area contributed by atoms with Gasteiger partial charge in [-0.05, 0) is 24.6 Å². The van der Waals surface area contributed by atoms with Gasteiger partial charge < -0.3 is 16.6 Å². The molecule has 0 aliphatic heterocycles. The summed E-state index contributed by atoms with van der Waals surface area (Å²) in [6.07, 6.45) is -0.0490. The zero-order chi connectivity index (χ0) is 12.3. The summed E-state index contributed by atoms with van der Waals surface area (Å²) in [6, 6.07) is 2.04. The highest BCUT2D eigenvalue weighted by molar-refractivity contribution is 6.30. The Bertz CT molecular complexity index is 400. The Morgan fingerprint density at radius 2 is 2.12 bits per heavy atom. The number of aliphatic carboxylic acids is 1. The molecule has 0 heterocycles. The van der Waals surface area contributed by atoms with Crippen molar-refractivity contribution in [3.63, 3.8) is 0 Å². The van der Waals surface area contributed by atoms with Gasteiger partial charge in [-0.3, -0.25) is 4.79 Å². The van der Waals surface area contributed by atoms with Crippen molar-refractivity contribution in [3.05, 3.63) is 34.6 Å². The first-order valence-corrected chi connectivity index (χ1v) is 4.98. The van der Waals surface area contributed by atoms with Gasteiger partial charge >= 0.3 is 5.97 Å². The van der Waals surface area contributed by atoms with Crippen molar-refractivity contribution in [1.29, 1.82) is 0 Å². The third-order valence-electron chi connectivity index (χ3n) is 2.18. The fourth-order valence-electron chi connectivity index (χ4n) is 1.30. The van der Waals surface area contributed by atoms with E-state index < -0.39 is 23.9 Å². The predicted octanol–water partition coefficient (Wildman–Crippen LogP) is 1.28. The number of nitrogens with two attached hydrogens (primary N) is 2. The van der Waals surface area contributed by atoms with Crippen LogP contribution in [-0.2, 0) is 4.79 Å². The molecule has 1 aromatic rings. The summed E-state index contributed by atoms with van der Waals surface area (Å²) in [5, 5.41) is 8.94. The van der Waals surface area contributed by atoms with Crippen molar-refractivity contribution in [2.45, 2.75) is 18.5 Å². The van der Waals surface area contributed by atoms with Crippen molar-refractivity contribution in [3.8, 4) is 0 Å². The van der Waals surface area contributed by atoms with Gasteiger partial charge in [0, 0.05) is 16.6 Å². The zero-order valence-electron chi connectivity index (χ0n) is 8.36. The molecule has 6 heteroatoms. The zero-order valence-corrected chi connectivity index (χ0v) is 9.12. The minimum atomic E-state index is -1.17. The molecule has 0 aliphatic carbocycles. The summed E-state index contributed by atoms with van der Waals surface area (Å²) in [5.41, 5.74) is 11.1. The lowest BCUT2D eigenvalue weighted by Crippen LogP contribution is -2.34. The summed E-state index contributed by atoms with van der Waals surface area (Å²) >= 11 is 5.69. The number of rotatable bonds is 4. The average Bonchev–Trinajstić information content (AvgIpc) is 2.21. The van der Waals surface area contributed by atoms with Gasteiger partial charge in [-0.1, -0.05) is 11.6 Å². The highest BCUT2D eigenvalue weighted by atomic mass is 35.5. The maximum atomic E-state index is 13.3. The van der Waals surface area contributed by atoms with Crippen molar-refractivity contribution in [2.24, 2.45) is 11.5 Å². The Kier molecular flexibility index (Phi) is 4.23. The number of carboxylic acids is 1. The van der Waals surface area contributed by atoms with Gasteiger partial charge in [0.25, 0.3) is 0 Å². The van der Waals surface area contributed by atoms with Gasteiger partial charge in [-0.2, -0.15) is 0 Å². The van der Waals surface area contributed by atoms with Crippen LogP contribution in [0.15, 0.2) is 18.2 Å². The number of hydrogen-bond donors (Lipinski definition) is 3. The lowest BCUT2D eigenvalue weighted by molar-refractivity contribution is -0.138. The Hall–Kier alpha value is -1.17. The molecule has 0 fully saturated rings. The summed E-state index contributed by atoms with van der Waals surface area (Å²) in [4.78, 5) is 10.5. The first kappa shape index (κ1) is 12.9. The van der Waals surface area contributed by atoms with Crippen molar-refractivity contribution < 1.29 is 14.3 Å². The van der Waals surface area contributed by atoms with E-state index in [0.717, 1.165) is 0 Å². The summed E-state index contributed by atoms with van der Waals surface area (Å²) in [6.45, 7) is 0. The van der Waals surface area contributed by atoms with Crippen LogP contribution >= 0.6 is 11.6 Å². The van der Waals surface area contributed by atoms with E-state index in [1.54, 1.807) is 0 Å². The molecule has 1 rings (SSSR count). The molecule has 2 unspecified atom stereocenters. The molecule has 1 aromatic carbocycles. The molecule has 2 atom stereocenters. The Balaban J connectivity index is 2.83. The van der Waals surface area contributed by atoms with E-state index in [2.05, 4.69) is 0 Å². The fourth-order valence-corrected chi connectivity index (χ4v) is 1.48. The van der Waals surface area contributed by atoms with E-state index in [-0.39, 0.29) is 12.0 Å². The summed E-state index contributed by atoms with van der Waals surface area (Å²) in [7, 11) is 0. The molecule has 0 radical (unpaired) electrons. The molecule has 0 aliphatic rings. The lowest BCUT2D eigenvalue weighted by atomic mass is 10.00. The Morgan fingerprint density at radius 3 is 2.69 bits per heavy atom. The highest BCUT2D eigenvalue weighted by Gasteiger charge is 2.19. The standard InChI is InChI=1S/C10H12ClFN2O2/c11-5-1-2-7(12)6(3-5)8(13)4-9(14)10(15)16/h1-3,8-9H,4,13-14H2,(H,15,16). The van der Waals surface area contributed by atoms with Crippen LogP contribution in [0.4, 0.5) is 4.39 Å². The van der Waals surface area contributed by atoms with E-state index in [0.29, 0.717) is 5.02 Å². The Morgan fingerprint density at radius 1 is 1.50 bits per heavy atom. The average molecular weight is 247 g/mol. The largest absolute Gasteiger partial charge is 0.480 e. The van der Waals surface area contributed by atoms with E-state index in [4.69, 9.17) is 28.2 Å². The lowest BCUT2D eigenvalue weighted by Gasteiger charge is -2.15. The number of halogens is 2. The summed E-state index contributed by atoms with van der Waals surface area (Å²) in [5.74, 6) is -1.69. The number of carbonyl (C=O) groups is 1. The quantitative estimate of drug-likeness (QED) is 0.747. The normalized spacial score (nSPS) is 14.5. The van der Waals surface area contributed by atoms with Gasteiger partial charge in [-0.25, -0.2) is 4.39 Å². The second-order valence-electron chi connectivity index (χ2n) is 3.45. The topological polar surface area (TPSA) is 89.3 Å². The molecule has 0 spiro atoms. The van der Waals surface area contributed by atoms with Crippen LogP contribution in [0.5, 0.6) is 0 Å². The third kappa shape index (κ3) is 3.16. The minimum absolute atomic E-state index is 0.0490. The molecular weight excluding hydrogens is 235 g/mol. The SMILES string of the molecule is NC(CC(N)c1cc(Cl)ccc1F)C(=O)O. The van der Waals surface area contributed by atoms with Crippen LogP contribution in [-0.4, -0.2) is 17.1 Å². The van der Waals surface area contributed by atoms with E-state index in [1.165, 1.54) is 18.2 Å². The van der Waals surface area contributed by atoms with Crippen molar-refractivity contribution in [2.75, 3.05) is 0 Å². The Labute approximate surface area is 97.0 Å². The van der Waals surface area contributed by atoms with Crippen LogP contribution in [0.25, 0.3) is 0 Å². The van der Waals surface area contributed by atoms with Gasteiger partial charge in [0.2, 0.25) is 0 Å². The molecule has 0 bridgehead atoms. The molecule has 0 aromatic heterocycles. The fraction of sp³-hybridized carbons (Fsp3) is 0.300. The molecule has 5 N–H and O–H groups in total. The molecule has 16 heavy (non-hydrogen) atoms. The van der Waals surface area contributed by atoms with E-state index in [1.807, 2.05) is 0 Å². The maximum absolute atomic E-state index is 13.3. The minimum Gasteiger partial charge on any atom is -0.480 e. The second kappa shape index (κ2) is 5.25. The predicted molar refractivity (Wildman–Crippen MR) is 58.6 cm³/mol. The first-order chi connectivity index (χ1) is 7.41. The van der Waals surface area contributed by atoms with Crippen LogP contribution in [0.2, 0.25) is 5.02 Å². The smallest absolute Gasteiger partial charge is 0.320 e. The molecular formula is C10H12ClFN2O2. The van der Waals surface area contributed by atoms with Crippen LogP contribution in [0.3, 0.4) is 0 Å². The molecule has 0 saturated heterocycles. The van der Waals surface area contributed by atoms with E-state index >= 15 is 0 Å². The van der Waals surface area contributed by atoms with E-state index in [9.17, 15) is 9.18 Å². The molecule has 4 nitrogen and oxygen atoms in total. The number of hydrogen-bond acceptors (Lipinski definition) is 3. The van der Waals surface area contributed by atoms with Gasteiger partial charge in [0.05, 0.1) is 0 Å². The summed E-state index contributed by atoms with van der Waals surface area (Å²) < 4.78 is 13.3. The highest BCUT2D eigenvalue weighted by Crippen LogP contribution is 2.22. The maximum Gasteiger partial charge on any atom is 0.320 e. The van der Waals surface area contributed by atoms with Crippen LogP contribution in [0, 0.1) is 5.82 Å². The number of benzene rings is 1. The van der Waals surface area contributed by atoms with Crippen LogP contribution in [0.1, 0.15) is 18.0 Å². The molecule has 0 amide bonds.